The summed E-state index contributed by atoms with van der Waals surface area (Å²) in [6, 6.07) is 0. The van der Waals surface area contributed by atoms with Crippen molar-refractivity contribution in [2.75, 3.05) is 6.54 Å². The molecule has 0 saturated heterocycles. The zero-order chi connectivity index (χ0) is 25.6. The average molecular weight is 488 g/mol. The molecule has 0 aromatic carbocycles. The normalized spacial score (nSPS) is 39.5. The molecule has 3 saturated carbocycles. The minimum absolute atomic E-state index is 0.0523. The molecule has 4 rings (SSSR count). The van der Waals surface area contributed by atoms with Crippen LogP contribution >= 0.6 is 0 Å². The number of hydrogen-bond acceptors (Lipinski definition) is 4. The van der Waals surface area contributed by atoms with Gasteiger partial charge in [-0.1, -0.05) is 32.4 Å². The number of carbonyl (C=O) groups excluding carboxylic acids is 2. The lowest BCUT2D eigenvalue weighted by molar-refractivity contribution is -0.154. The van der Waals surface area contributed by atoms with Crippen LogP contribution in [0.5, 0.6) is 0 Å². The summed E-state index contributed by atoms with van der Waals surface area (Å²) in [5, 5.41) is 13.0. The first-order chi connectivity index (χ1) is 16.3. The number of aliphatic hydroxyl groups excluding tert-OH is 1. The molecular formula is C30H49NO4. The van der Waals surface area contributed by atoms with Gasteiger partial charge in [0, 0.05) is 6.42 Å². The lowest BCUT2D eigenvalue weighted by Gasteiger charge is -2.58. The highest BCUT2D eigenvalue weighted by Gasteiger charge is 2.59. The quantitative estimate of drug-likeness (QED) is 0.367. The van der Waals surface area contributed by atoms with Crippen LogP contribution < -0.4 is 5.32 Å². The van der Waals surface area contributed by atoms with Gasteiger partial charge in [0.25, 0.3) is 0 Å². The van der Waals surface area contributed by atoms with Crippen molar-refractivity contribution in [3.8, 4) is 0 Å². The van der Waals surface area contributed by atoms with E-state index in [1.54, 1.807) is 5.57 Å². The first-order valence-corrected chi connectivity index (χ1v) is 14.2. The minimum atomic E-state index is -0.533. The van der Waals surface area contributed by atoms with Gasteiger partial charge in [-0.3, -0.25) is 9.59 Å². The van der Waals surface area contributed by atoms with Crippen molar-refractivity contribution in [1.29, 1.82) is 0 Å². The van der Waals surface area contributed by atoms with E-state index in [-0.39, 0.29) is 24.5 Å². The van der Waals surface area contributed by atoms with Crippen molar-refractivity contribution < 1.29 is 19.4 Å². The second-order valence-electron chi connectivity index (χ2n) is 13.8. The molecule has 198 valence electrons. The number of allylic oxidation sites excluding steroid dienone is 1. The van der Waals surface area contributed by atoms with Crippen LogP contribution in [0, 0.1) is 40.4 Å². The van der Waals surface area contributed by atoms with Crippen LogP contribution in [-0.2, 0) is 14.3 Å². The van der Waals surface area contributed by atoms with Crippen LogP contribution in [0.3, 0.4) is 0 Å². The van der Waals surface area contributed by atoms with E-state index in [4.69, 9.17) is 4.74 Å². The van der Waals surface area contributed by atoms with E-state index in [1.807, 2.05) is 20.8 Å². The maximum absolute atomic E-state index is 12.4. The molecule has 0 aromatic rings. The molecule has 2 N–H and O–H groups in total. The molecule has 4 aliphatic carbocycles. The first kappa shape index (κ1) is 26.7. The largest absolute Gasteiger partial charge is 0.459 e. The molecule has 3 fully saturated rings. The van der Waals surface area contributed by atoms with Crippen molar-refractivity contribution in [3.05, 3.63) is 11.6 Å². The second-order valence-corrected chi connectivity index (χ2v) is 13.8. The summed E-state index contributed by atoms with van der Waals surface area (Å²) in [6.45, 7) is 12.8. The molecule has 5 heteroatoms. The molecule has 4 aliphatic rings. The number of esters is 1. The van der Waals surface area contributed by atoms with Gasteiger partial charge in [0.15, 0.2) is 0 Å². The van der Waals surface area contributed by atoms with Gasteiger partial charge in [0.05, 0.1) is 6.10 Å². The number of fused-ring (bicyclic) bond motifs is 5. The summed E-state index contributed by atoms with van der Waals surface area (Å²) in [7, 11) is 0. The second kappa shape index (κ2) is 9.84. The van der Waals surface area contributed by atoms with E-state index in [9.17, 15) is 14.7 Å². The zero-order valence-corrected chi connectivity index (χ0v) is 23.0. The Morgan fingerprint density at radius 2 is 1.89 bits per heavy atom. The Labute approximate surface area is 212 Å². The number of ether oxygens (including phenoxy) is 1. The zero-order valence-electron chi connectivity index (χ0n) is 23.0. The monoisotopic (exact) mass is 487 g/mol. The van der Waals surface area contributed by atoms with Gasteiger partial charge in [-0.15, -0.1) is 0 Å². The van der Waals surface area contributed by atoms with E-state index in [2.05, 4.69) is 32.2 Å². The Morgan fingerprint density at radius 3 is 2.60 bits per heavy atom. The van der Waals surface area contributed by atoms with Gasteiger partial charge in [-0.25, -0.2) is 0 Å². The molecule has 35 heavy (non-hydrogen) atoms. The molecule has 0 aromatic heterocycles. The van der Waals surface area contributed by atoms with Gasteiger partial charge >= 0.3 is 5.97 Å². The van der Waals surface area contributed by atoms with Crippen LogP contribution in [0.15, 0.2) is 11.6 Å². The smallest absolute Gasteiger partial charge is 0.325 e. The van der Waals surface area contributed by atoms with Crippen LogP contribution in [0.4, 0.5) is 0 Å². The van der Waals surface area contributed by atoms with E-state index in [0.717, 1.165) is 43.4 Å². The minimum Gasteiger partial charge on any atom is -0.459 e. The summed E-state index contributed by atoms with van der Waals surface area (Å²) in [4.78, 5) is 24.3. The van der Waals surface area contributed by atoms with Gasteiger partial charge in [0.1, 0.15) is 12.1 Å². The average Bonchev–Trinajstić information content (AvgIpc) is 3.12. The van der Waals surface area contributed by atoms with Crippen LogP contribution in [0.25, 0.3) is 0 Å². The summed E-state index contributed by atoms with van der Waals surface area (Å²) in [5.74, 6) is 3.04. The highest BCUT2D eigenvalue weighted by Crippen LogP contribution is 2.67. The van der Waals surface area contributed by atoms with Gasteiger partial charge in [-0.2, -0.15) is 0 Å². The summed E-state index contributed by atoms with van der Waals surface area (Å²) in [6.07, 6.45) is 13.1. The number of hydrogen-bond donors (Lipinski definition) is 2. The predicted octanol–water partition coefficient (Wildman–Crippen LogP) is 5.80. The fourth-order valence-corrected chi connectivity index (χ4v) is 8.81. The Morgan fingerprint density at radius 1 is 1.14 bits per heavy atom. The number of amides is 1. The fourth-order valence-electron chi connectivity index (χ4n) is 8.81. The Kier molecular flexibility index (Phi) is 7.50. The molecule has 0 heterocycles. The van der Waals surface area contributed by atoms with Crippen LogP contribution in [-0.4, -0.2) is 35.2 Å². The summed E-state index contributed by atoms with van der Waals surface area (Å²) >= 11 is 0. The van der Waals surface area contributed by atoms with E-state index in [1.165, 1.54) is 32.1 Å². The molecule has 8 atom stereocenters. The molecule has 0 aliphatic heterocycles. The predicted molar refractivity (Wildman–Crippen MR) is 138 cm³/mol. The number of carbonyl (C=O) groups is 2. The summed E-state index contributed by atoms with van der Waals surface area (Å²) < 4.78 is 5.29. The highest BCUT2D eigenvalue weighted by molar-refractivity contribution is 5.81. The Bertz CT molecular complexity index is 844. The van der Waals surface area contributed by atoms with Crippen molar-refractivity contribution in [1.82, 2.24) is 5.32 Å². The van der Waals surface area contributed by atoms with E-state index in [0.29, 0.717) is 29.1 Å². The van der Waals surface area contributed by atoms with Crippen molar-refractivity contribution in [2.24, 2.45) is 40.4 Å². The Hall–Kier alpha value is -1.36. The molecule has 0 bridgehead atoms. The van der Waals surface area contributed by atoms with Gasteiger partial charge in [0.2, 0.25) is 5.91 Å². The number of aliphatic hydroxyl groups is 1. The van der Waals surface area contributed by atoms with E-state index < -0.39 is 5.60 Å². The Balaban J connectivity index is 1.33. The SMILES string of the molecule is C[C@H](CCC(=O)NCC(=O)OC(C)(C)C)[C@H]1CC[C@H]2[C@@H]3CC=C4C[C@@H](O)CC[C@]4(C)[C@H]3CC[C@]12C. The molecule has 5 nitrogen and oxygen atoms in total. The van der Waals surface area contributed by atoms with Crippen LogP contribution in [0.1, 0.15) is 106 Å². The standard InChI is InChI=1S/C30H49NO4/c1-19(7-12-26(33)31-18-27(34)35-28(2,3)4)23-10-11-24-22-9-8-20-17-21(32)13-15-29(20,5)25(22)14-16-30(23,24)6/h8,19,21-25,32H,7,9-18H2,1-6H3,(H,31,33)/t19-,21+,22+,23-,24+,25+,29+,30-/m1/s1. The van der Waals surface area contributed by atoms with Gasteiger partial charge < -0.3 is 15.2 Å². The third-order valence-corrected chi connectivity index (χ3v) is 10.5. The fraction of sp³-hybridized carbons (Fsp3) is 0.867. The van der Waals surface area contributed by atoms with Crippen molar-refractivity contribution >= 4 is 11.9 Å². The lowest BCUT2D eigenvalue weighted by atomic mass is 9.47. The molecule has 0 spiro atoms. The maximum Gasteiger partial charge on any atom is 0.325 e. The van der Waals surface area contributed by atoms with Crippen LogP contribution in [0.2, 0.25) is 0 Å². The first-order valence-electron chi connectivity index (χ1n) is 14.2. The van der Waals surface area contributed by atoms with Crippen molar-refractivity contribution in [2.45, 2.75) is 117 Å². The summed E-state index contributed by atoms with van der Waals surface area (Å²) in [5.41, 5.74) is 1.67. The lowest BCUT2D eigenvalue weighted by Crippen LogP contribution is -2.50. The molecular weight excluding hydrogens is 438 g/mol. The number of rotatable bonds is 6. The molecule has 0 radical (unpaired) electrons. The molecule has 0 unspecified atom stereocenters. The van der Waals surface area contributed by atoms with Crippen molar-refractivity contribution in [3.63, 3.8) is 0 Å². The third-order valence-electron chi connectivity index (χ3n) is 10.5. The van der Waals surface area contributed by atoms with Gasteiger partial charge in [-0.05, 0) is 119 Å². The topological polar surface area (TPSA) is 75.6 Å². The van der Waals surface area contributed by atoms with E-state index >= 15 is 0 Å². The maximum atomic E-state index is 12.4. The highest BCUT2D eigenvalue weighted by atomic mass is 16.6. The number of nitrogens with one attached hydrogen (secondary N) is 1. The third kappa shape index (κ3) is 5.36. The molecule has 1 amide bonds.